The van der Waals surface area contributed by atoms with Crippen LogP contribution in [0.5, 0.6) is 0 Å². The van der Waals surface area contributed by atoms with Crippen molar-refractivity contribution in [2.24, 2.45) is 5.92 Å². The van der Waals surface area contributed by atoms with Crippen molar-refractivity contribution in [3.8, 4) is 0 Å². The lowest BCUT2D eigenvalue weighted by atomic mass is 9.79. The summed E-state index contributed by atoms with van der Waals surface area (Å²) in [6.07, 6.45) is 3.99. The van der Waals surface area contributed by atoms with Crippen molar-refractivity contribution in [2.75, 3.05) is 26.8 Å². The number of ether oxygens (including phenoxy) is 2. The zero-order valence-corrected chi connectivity index (χ0v) is 16.1. The molecule has 3 rings (SSSR count). The molecule has 6 nitrogen and oxygen atoms in total. The normalized spacial score (nSPS) is 19.3. The number of likely N-dealkylation sites (tertiary alicyclic amines) is 1. The van der Waals surface area contributed by atoms with Crippen LogP contribution >= 0.6 is 0 Å². The van der Waals surface area contributed by atoms with Gasteiger partial charge in [0.05, 0.1) is 18.4 Å². The number of nitrogens with zero attached hydrogens (tertiary/aromatic N) is 1. The van der Waals surface area contributed by atoms with Gasteiger partial charge in [0.25, 0.3) is 5.91 Å². The maximum atomic E-state index is 13.7. The van der Waals surface area contributed by atoms with Crippen LogP contribution < -0.4 is 0 Å². The number of amides is 1. The Bertz CT molecular complexity index is 736. The molecule has 1 aromatic rings. The van der Waals surface area contributed by atoms with Crippen LogP contribution in [0.25, 0.3) is 0 Å². The Labute approximate surface area is 164 Å². The van der Waals surface area contributed by atoms with Gasteiger partial charge in [0.2, 0.25) is 0 Å². The number of piperidine rings is 1. The van der Waals surface area contributed by atoms with Gasteiger partial charge in [-0.1, -0.05) is 25.0 Å². The standard InChI is InChI=1S/C21H26FNO5/c1-27-19(25)15-7-11-23(12-8-15)18(24)14-28-20(26)21(9-2-3-10-21)16-5-4-6-17(22)13-16/h4-6,13,15H,2-3,7-12,14H2,1H3. The molecule has 28 heavy (non-hydrogen) atoms. The molecule has 1 aromatic carbocycles. The van der Waals surface area contributed by atoms with Gasteiger partial charge >= 0.3 is 11.9 Å². The SMILES string of the molecule is COC(=O)C1CCN(C(=O)COC(=O)C2(c3cccc(F)c3)CCCC2)CC1. The van der Waals surface area contributed by atoms with Crippen molar-refractivity contribution in [1.29, 1.82) is 0 Å². The van der Waals surface area contributed by atoms with E-state index in [1.54, 1.807) is 17.0 Å². The van der Waals surface area contributed by atoms with Crippen LogP contribution in [0.3, 0.4) is 0 Å². The van der Waals surface area contributed by atoms with E-state index in [0.29, 0.717) is 44.3 Å². The first kappa shape index (κ1) is 20.3. The Hall–Kier alpha value is -2.44. The highest BCUT2D eigenvalue weighted by Crippen LogP contribution is 2.42. The van der Waals surface area contributed by atoms with Crippen molar-refractivity contribution in [3.63, 3.8) is 0 Å². The Morgan fingerprint density at radius 1 is 1.18 bits per heavy atom. The van der Waals surface area contributed by atoms with Crippen molar-refractivity contribution < 1.29 is 28.2 Å². The Balaban J connectivity index is 1.58. The molecule has 0 N–H and O–H groups in total. The van der Waals surface area contributed by atoms with Crippen molar-refractivity contribution in [3.05, 3.63) is 35.6 Å². The van der Waals surface area contributed by atoms with E-state index in [0.717, 1.165) is 12.8 Å². The lowest BCUT2D eigenvalue weighted by Gasteiger charge is -2.31. The summed E-state index contributed by atoms with van der Waals surface area (Å²) in [5.74, 6) is -1.57. The fourth-order valence-corrected chi connectivity index (χ4v) is 4.26. The summed E-state index contributed by atoms with van der Waals surface area (Å²) >= 11 is 0. The molecule has 1 saturated carbocycles. The highest BCUT2D eigenvalue weighted by Gasteiger charge is 2.44. The van der Waals surface area contributed by atoms with Crippen molar-refractivity contribution in [2.45, 2.75) is 43.9 Å². The number of benzene rings is 1. The van der Waals surface area contributed by atoms with Crippen LogP contribution in [0.4, 0.5) is 4.39 Å². The molecule has 0 unspecified atom stereocenters. The predicted octanol–water partition coefficient (Wildman–Crippen LogP) is 2.59. The van der Waals surface area contributed by atoms with E-state index in [-0.39, 0.29) is 30.2 Å². The Morgan fingerprint density at radius 3 is 2.46 bits per heavy atom. The largest absolute Gasteiger partial charge is 0.469 e. The van der Waals surface area contributed by atoms with Crippen LogP contribution in [0.15, 0.2) is 24.3 Å². The van der Waals surface area contributed by atoms with E-state index in [1.165, 1.54) is 19.2 Å². The minimum Gasteiger partial charge on any atom is -0.469 e. The van der Waals surface area contributed by atoms with Crippen molar-refractivity contribution >= 4 is 17.8 Å². The summed E-state index contributed by atoms with van der Waals surface area (Å²) in [5, 5.41) is 0. The van der Waals surface area contributed by atoms with Crippen LogP contribution in [-0.2, 0) is 29.3 Å². The van der Waals surface area contributed by atoms with E-state index < -0.39 is 11.4 Å². The van der Waals surface area contributed by atoms with Crippen LogP contribution in [0.2, 0.25) is 0 Å². The van der Waals surface area contributed by atoms with E-state index in [2.05, 4.69) is 0 Å². The number of esters is 2. The number of rotatable bonds is 5. The van der Waals surface area contributed by atoms with Gasteiger partial charge in [-0.15, -0.1) is 0 Å². The van der Waals surface area contributed by atoms with Crippen LogP contribution in [0.1, 0.15) is 44.1 Å². The minimum atomic E-state index is -0.875. The van der Waals surface area contributed by atoms with Gasteiger partial charge in [-0.25, -0.2) is 4.39 Å². The molecule has 1 saturated heterocycles. The lowest BCUT2D eigenvalue weighted by molar-refractivity contribution is -0.158. The van der Waals surface area contributed by atoms with Gasteiger partial charge < -0.3 is 14.4 Å². The van der Waals surface area contributed by atoms with Gasteiger partial charge in [-0.05, 0) is 43.4 Å². The molecule has 152 valence electrons. The van der Waals surface area contributed by atoms with Crippen LogP contribution in [0, 0.1) is 11.7 Å². The molecule has 0 bridgehead atoms. The zero-order chi connectivity index (χ0) is 20.1. The molecule has 1 heterocycles. The number of methoxy groups -OCH3 is 1. The molecule has 0 aromatic heterocycles. The van der Waals surface area contributed by atoms with Gasteiger partial charge in [-0.3, -0.25) is 14.4 Å². The predicted molar refractivity (Wildman–Crippen MR) is 98.8 cm³/mol. The summed E-state index contributed by atoms with van der Waals surface area (Å²) in [5.41, 5.74) is -0.262. The van der Waals surface area contributed by atoms with Gasteiger partial charge in [0.15, 0.2) is 6.61 Å². The van der Waals surface area contributed by atoms with E-state index in [4.69, 9.17) is 9.47 Å². The zero-order valence-electron chi connectivity index (χ0n) is 16.1. The molecule has 0 spiro atoms. The molecular weight excluding hydrogens is 365 g/mol. The maximum Gasteiger partial charge on any atom is 0.317 e. The van der Waals surface area contributed by atoms with Gasteiger partial charge in [0.1, 0.15) is 5.82 Å². The molecule has 1 aliphatic carbocycles. The second kappa shape index (κ2) is 8.71. The van der Waals surface area contributed by atoms with E-state index in [9.17, 15) is 18.8 Å². The summed E-state index contributed by atoms with van der Waals surface area (Å²) < 4.78 is 23.8. The Kier molecular flexibility index (Phi) is 6.31. The third kappa shape index (κ3) is 4.18. The molecule has 0 atom stereocenters. The summed E-state index contributed by atoms with van der Waals surface area (Å²) in [7, 11) is 1.36. The summed E-state index contributed by atoms with van der Waals surface area (Å²) in [6, 6.07) is 6.06. The fraction of sp³-hybridized carbons (Fsp3) is 0.571. The van der Waals surface area contributed by atoms with Crippen LogP contribution in [-0.4, -0.2) is 49.6 Å². The van der Waals surface area contributed by atoms with Gasteiger partial charge in [0, 0.05) is 13.1 Å². The molecule has 0 radical (unpaired) electrons. The summed E-state index contributed by atoms with van der Waals surface area (Å²) in [6.45, 7) is 0.537. The lowest BCUT2D eigenvalue weighted by Crippen LogP contribution is -2.43. The third-order valence-corrected chi connectivity index (χ3v) is 5.93. The quantitative estimate of drug-likeness (QED) is 0.722. The number of halogens is 1. The molecule has 1 amide bonds. The Morgan fingerprint density at radius 2 is 1.86 bits per heavy atom. The molecular formula is C21H26FNO5. The average Bonchev–Trinajstić information content (AvgIpc) is 3.22. The number of hydrogen-bond acceptors (Lipinski definition) is 5. The number of hydrogen-bond donors (Lipinski definition) is 0. The molecule has 1 aliphatic heterocycles. The topological polar surface area (TPSA) is 72.9 Å². The first-order valence-electron chi connectivity index (χ1n) is 9.75. The third-order valence-electron chi connectivity index (χ3n) is 5.93. The first-order valence-corrected chi connectivity index (χ1v) is 9.75. The smallest absolute Gasteiger partial charge is 0.317 e. The average molecular weight is 391 g/mol. The second-order valence-corrected chi connectivity index (χ2v) is 7.55. The highest BCUT2D eigenvalue weighted by atomic mass is 19.1. The second-order valence-electron chi connectivity index (χ2n) is 7.55. The van der Waals surface area contributed by atoms with Crippen molar-refractivity contribution in [1.82, 2.24) is 4.90 Å². The molecule has 2 fully saturated rings. The molecule has 2 aliphatic rings. The van der Waals surface area contributed by atoms with E-state index in [1.807, 2.05) is 0 Å². The number of carbonyl (C=O) groups is 3. The maximum absolute atomic E-state index is 13.7. The van der Waals surface area contributed by atoms with E-state index >= 15 is 0 Å². The summed E-state index contributed by atoms with van der Waals surface area (Å²) in [4.78, 5) is 38.5. The van der Waals surface area contributed by atoms with Gasteiger partial charge in [-0.2, -0.15) is 0 Å². The first-order chi connectivity index (χ1) is 13.5. The fourth-order valence-electron chi connectivity index (χ4n) is 4.26. The molecule has 7 heteroatoms. The minimum absolute atomic E-state index is 0.189. The highest BCUT2D eigenvalue weighted by molar-refractivity contribution is 5.87. The number of carbonyl (C=O) groups excluding carboxylic acids is 3. The monoisotopic (exact) mass is 391 g/mol.